The van der Waals surface area contributed by atoms with Crippen molar-refractivity contribution in [2.24, 2.45) is 0 Å². The lowest BCUT2D eigenvalue weighted by Gasteiger charge is -2.11. The van der Waals surface area contributed by atoms with Crippen molar-refractivity contribution in [3.63, 3.8) is 0 Å². The molecule has 2 aromatic carbocycles. The summed E-state index contributed by atoms with van der Waals surface area (Å²) in [6.07, 6.45) is 0.162. The Morgan fingerprint density at radius 2 is 1.81 bits per heavy atom. The van der Waals surface area contributed by atoms with E-state index in [4.69, 9.17) is 16.3 Å². The van der Waals surface area contributed by atoms with Crippen molar-refractivity contribution in [1.82, 2.24) is 5.32 Å². The molecule has 0 saturated heterocycles. The fourth-order valence-electron chi connectivity index (χ4n) is 2.00. The Labute approximate surface area is 129 Å². The topological polar surface area (TPSA) is 21.3 Å². The van der Waals surface area contributed by atoms with E-state index in [9.17, 15) is 4.39 Å². The first-order valence-corrected chi connectivity index (χ1v) is 7.32. The van der Waals surface area contributed by atoms with Crippen LogP contribution in [0, 0.1) is 5.82 Å². The van der Waals surface area contributed by atoms with E-state index in [1.54, 1.807) is 12.1 Å². The second kappa shape index (κ2) is 7.43. The Morgan fingerprint density at radius 1 is 1.10 bits per heavy atom. The van der Waals surface area contributed by atoms with Crippen molar-refractivity contribution >= 4 is 11.6 Å². The highest BCUT2D eigenvalue weighted by molar-refractivity contribution is 6.30. The molecule has 0 radical (unpaired) electrons. The van der Waals surface area contributed by atoms with Crippen LogP contribution in [0.4, 0.5) is 4.39 Å². The van der Waals surface area contributed by atoms with Crippen LogP contribution in [-0.4, -0.2) is 6.10 Å². The van der Waals surface area contributed by atoms with Crippen LogP contribution >= 0.6 is 11.6 Å². The molecule has 0 spiro atoms. The van der Waals surface area contributed by atoms with E-state index in [1.165, 1.54) is 6.07 Å². The number of rotatable bonds is 6. The van der Waals surface area contributed by atoms with Gasteiger partial charge in [0.2, 0.25) is 0 Å². The Bertz CT molecular complexity index is 601. The average molecular weight is 308 g/mol. The van der Waals surface area contributed by atoms with Crippen molar-refractivity contribution in [3.8, 4) is 5.75 Å². The zero-order chi connectivity index (χ0) is 15.2. The molecule has 0 aliphatic heterocycles. The van der Waals surface area contributed by atoms with Crippen molar-refractivity contribution < 1.29 is 9.13 Å². The number of nitrogens with one attached hydrogen (secondary N) is 1. The van der Waals surface area contributed by atoms with Gasteiger partial charge in [-0.2, -0.15) is 0 Å². The molecule has 0 unspecified atom stereocenters. The lowest BCUT2D eigenvalue weighted by atomic mass is 10.2. The molecule has 0 atom stereocenters. The quantitative estimate of drug-likeness (QED) is 0.845. The van der Waals surface area contributed by atoms with Gasteiger partial charge in [0.15, 0.2) is 0 Å². The number of hydrogen-bond donors (Lipinski definition) is 1. The largest absolute Gasteiger partial charge is 0.491 e. The van der Waals surface area contributed by atoms with Gasteiger partial charge in [-0.05, 0) is 49.2 Å². The molecule has 0 saturated carbocycles. The second-order valence-electron chi connectivity index (χ2n) is 5.17. The van der Waals surface area contributed by atoms with Crippen LogP contribution in [0.1, 0.15) is 25.0 Å². The van der Waals surface area contributed by atoms with E-state index >= 15 is 0 Å². The van der Waals surface area contributed by atoms with Crippen LogP contribution < -0.4 is 10.1 Å². The van der Waals surface area contributed by atoms with Gasteiger partial charge in [-0.15, -0.1) is 0 Å². The zero-order valence-electron chi connectivity index (χ0n) is 12.2. The second-order valence-corrected chi connectivity index (χ2v) is 5.57. The minimum Gasteiger partial charge on any atom is -0.491 e. The minimum atomic E-state index is -0.390. The van der Waals surface area contributed by atoms with Gasteiger partial charge in [0.25, 0.3) is 0 Å². The Kier molecular flexibility index (Phi) is 5.59. The van der Waals surface area contributed by atoms with Crippen molar-refractivity contribution in [2.75, 3.05) is 0 Å². The molecular formula is C17H19ClFNO. The van der Waals surface area contributed by atoms with Crippen LogP contribution in [0.2, 0.25) is 5.02 Å². The third kappa shape index (κ3) is 5.03. The maximum atomic E-state index is 13.1. The molecule has 1 N–H and O–H groups in total. The van der Waals surface area contributed by atoms with Gasteiger partial charge in [0.05, 0.1) is 11.1 Å². The molecule has 0 aliphatic rings. The van der Waals surface area contributed by atoms with E-state index in [-0.39, 0.29) is 16.9 Å². The number of ether oxygens (including phenoxy) is 1. The van der Waals surface area contributed by atoms with Gasteiger partial charge in [-0.3, -0.25) is 0 Å². The highest BCUT2D eigenvalue weighted by Crippen LogP contribution is 2.17. The summed E-state index contributed by atoms with van der Waals surface area (Å²) in [6.45, 7) is 5.35. The lowest BCUT2D eigenvalue weighted by molar-refractivity contribution is 0.242. The van der Waals surface area contributed by atoms with Gasteiger partial charge >= 0.3 is 0 Å². The summed E-state index contributed by atoms with van der Waals surface area (Å²) in [7, 11) is 0. The molecule has 4 heteroatoms. The summed E-state index contributed by atoms with van der Waals surface area (Å²) in [5, 5.41) is 3.46. The first-order valence-electron chi connectivity index (χ1n) is 6.95. The lowest BCUT2D eigenvalue weighted by Crippen LogP contribution is -2.13. The van der Waals surface area contributed by atoms with Crippen LogP contribution in [0.3, 0.4) is 0 Å². The molecule has 2 nitrogen and oxygen atoms in total. The van der Waals surface area contributed by atoms with Gasteiger partial charge in [-0.25, -0.2) is 4.39 Å². The first-order chi connectivity index (χ1) is 10.0. The van der Waals surface area contributed by atoms with Crippen LogP contribution in [0.15, 0.2) is 42.5 Å². The zero-order valence-corrected chi connectivity index (χ0v) is 13.0. The highest BCUT2D eigenvalue weighted by Gasteiger charge is 2.02. The number of benzene rings is 2. The third-order valence-corrected chi connectivity index (χ3v) is 3.20. The smallest absolute Gasteiger partial charge is 0.141 e. The first kappa shape index (κ1) is 15.8. The molecular weight excluding hydrogens is 289 g/mol. The average Bonchev–Trinajstić information content (AvgIpc) is 2.42. The van der Waals surface area contributed by atoms with Crippen molar-refractivity contribution in [1.29, 1.82) is 0 Å². The summed E-state index contributed by atoms with van der Waals surface area (Å²) in [4.78, 5) is 0. The molecule has 2 rings (SSSR count). The molecule has 0 aliphatic carbocycles. The van der Waals surface area contributed by atoms with Crippen LogP contribution in [0.25, 0.3) is 0 Å². The van der Waals surface area contributed by atoms with Gasteiger partial charge in [-0.1, -0.05) is 29.8 Å². The molecule has 0 heterocycles. The molecule has 112 valence electrons. The standard InChI is InChI=1S/C17H19ClFNO/c1-12(2)21-15-5-3-4-13(8-15)10-20-11-14-6-7-17(19)16(18)9-14/h3-9,12,20H,10-11H2,1-2H3. The molecule has 0 amide bonds. The molecule has 2 aromatic rings. The summed E-state index contributed by atoms with van der Waals surface area (Å²) < 4.78 is 18.7. The van der Waals surface area contributed by atoms with E-state index in [0.29, 0.717) is 13.1 Å². The van der Waals surface area contributed by atoms with E-state index in [2.05, 4.69) is 5.32 Å². The van der Waals surface area contributed by atoms with E-state index in [0.717, 1.165) is 16.9 Å². The molecule has 0 aromatic heterocycles. The van der Waals surface area contributed by atoms with Gasteiger partial charge < -0.3 is 10.1 Å². The fourth-order valence-corrected chi connectivity index (χ4v) is 2.20. The van der Waals surface area contributed by atoms with Gasteiger partial charge in [0.1, 0.15) is 11.6 Å². The number of halogens is 2. The maximum Gasteiger partial charge on any atom is 0.141 e. The highest BCUT2D eigenvalue weighted by atomic mass is 35.5. The van der Waals surface area contributed by atoms with Crippen molar-refractivity contribution in [3.05, 3.63) is 64.4 Å². The van der Waals surface area contributed by atoms with Crippen molar-refractivity contribution in [2.45, 2.75) is 33.0 Å². The Balaban J connectivity index is 1.89. The summed E-state index contributed by atoms with van der Waals surface area (Å²) in [6, 6.07) is 12.7. The molecule has 21 heavy (non-hydrogen) atoms. The maximum absolute atomic E-state index is 13.1. The van der Waals surface area contributed by atoms with Gasteiger partial charge in [0, 0.05) is 13.1 Å². The van der Waals surface area contributed by atoms with E-state index in [1.807, 2.05) is 38.1 Å². The molecule has 0 fully saturated rings. The predicted octanol–water partition coefficient (Wildman–Crippen LogP) is 4.56. The monoisotopic (exact) mass is 307 g/mol. The Morgan fingerprint density at radius 3 is 2.48 bits per heavy atom. The van der Waals surface area contributed by atoms with E-state index < -0.39 is 0 Å². The summed E-state index contributed by atoms with van der Waals surface area (Å²) >= 11 is 5.76. The van der Waals surface area contributed by atoms with Crippen LogP contribution in [-0.2, 0) is 13.1 Å². The third-order valence-electron chi connectivity index (χ3n) is 2.91. The number of hydrogen-bond acceptors (Lipinski definition) is 2. The fraction of sp³-hybridized carbons (Fsp3) is 0.294. The predicted molar refractivity (Wildman–Crippen MR) is 84.2 cm³/mol. The summed E-state index contributed by atoms with van der Waals surface area (Å²) in [5.74, 6) is 0.480. The Hall–Kier alpha value is -1.58. The summed E-state index contributed by atoms with van der Waals surface area (Å²) in [5.41, 5.74) is 2.09. The van der Waals surface area contributed by atoms with Crippen LogP contribution in [0.5, 0.6) is 5.75 Å². The minimum absolute atomic E-state index is 0.154. The normalized spacial score (nSPS) is 10.9. The molecule has 0 bridgehead atoms. The SMILES string of the molecule is CC(C)Oc1cccc(CNCc2ccc(F)c(Cl)c2)c1.